The van der Waals surface area contributed by atoms with E-state index in [1.807, 2.05) is 17.5 Å². The number of rotatable bonds is 5. The van der Waals surface area contributed by atoms with E-state index >= 15 is 0 Å². The van der Waals surface area contributed by atoms with Crippen molar-refractivity contribution in [2.24, 2.45) is 0 Å². The first-order valence-electron chi connectivity index (χ1n) is 5.50. The molecule has 1 aromatic heterocycles. The lowest BCUT2D eigenvalue weighted by Crippen LogP contribution is -2.13. The first kappa shape index (κ1) is 12.6. The van der Waals surface area contributed by atoms with Crippen molar-refractivity contribution in [3.05, 3.63) is 46.4 Å². The molecule has 1 atom stereocenters. The summed E-state index contributed by atoms with van der Waals surface area (Å²) < 4.78 is 0. The molecule has 0 aliphatic heterocycles. The first-order valence-corrected chi connectivity index (χ1v) is 7.37. The van der Waals surface area contributed by atoms with Gasteiger partial charge in [-0.15, -0.1) is 23.1 Å². The van der Waals surface area contributed by atoms with Crippen LogP contribution in [0.3, 0.4) is 0 Å². The van der Waals surface area contributed by atoms with Gasteiger partial charge in [0.05, 0.1) is 11.1 Å². The number of hydrogen-bond donors (Lipinski definition) is 1. The summed E-state index contributed by atoms with van der Waals surface area (Å²) >= 11 is 3.30. The number of aryl methyl sites for hydroxylation is 1. The molecule has 1 heterocycles. The van der Waals surface area contributed by atoms with Gasteiger partial charge in [-0.3, -0.25) is 0 Å². The summed E-state index contributed by atoms with van der Waals surface area (Å²) in [5, 5.41) is 12.9. The normalized spacial score (nSPS) is 12.6. The van der Waals surface area contributed by atoms with E-state index in [4.69, 9.17) is 0 Å². The van der Waals surface area contributed by atoms with Crippen LogP contribution in [-0.2, 0) is 6.42 Å². The highest BCUT2D eigenvalue weighted by Gasteiger charge is 2.08. The molecular weight excluding hydrogens is 250 g/mol. The van der Waals surface area contributed by atoms with Crippen molar-refractivity contribution in [2.45, 2.75) is 24.3 Å². The van der Waals surface area contributed by atoms with E-state index in [-0.39, 0.29) is 6.10 Å². The Hall–Kier alpha value is -0.840. The van der Waals surface area contributed by atoms with Crippen molar-refractivity contribution in [3.63, 3.8) is 0 Å². The van der Waals surface area contributed by atoms with E-state index in [1.54, 1.807) is 29.3 Å². The predicted molar refractivity (Wildman–Crippen MR) is 73.7 cm³/mol. The maximum atomic E-state index is 9.92. The maximum Gasteiger partial charge on any atom is 0.0950 e. The quantitative estimate of drug-likeness (QED) is 0.843. The Morgan fingerprint density at radius 2 is 2.24 bits per heavy atom. The molecule has 4 heteroatoms. The molecule has 0 saturated heterocycles. The summed E-state index contributed by atoms with van der Waals surface area (Å²) in [6, 6.07) is 8.25. The molecule has 0 radical (unpaired) electrons. The summed E-state index contributed by atoms with van der Waals surface area (Å²) in [7, 11) is 0. The molecule has 0 saturated carbocycles. The van der Waals surface area contributed by atoms with Crippen molar-refractivity contribution in [1.29, 1.82) is 0 Å². The molecule has 90 valence electrons. The molecule has 1 unspecified atom stereocenters. The van der Waals surface area contributed by atoms with Gasteiger partial charge in [0.2, 0.25) is 0 Å². The summed E-state index contributed by atoms with van der Waals surface area (Å²) in [6.45, 7) is 2.09. The van der Waals surface area contributed by atoms with E-state index in [1.165, 1.54) is 10.5 Å². The van der Waals surface area contributed by atoms with Crippen LogP contribution in [0.25, 0.3) is 0 Å². The van der Waals surface area contributed by atoms with E-state index in [0.29, 0.717) is 12.2 Å². The molecule has 17 heavy (non-hydrogen) atoms. The molecule has 0 amide bonds. The molecule has 1 aromatic carbocycles. The number of thiazole rings is 1. The summed E-state index contributed by atoms with van der Waals surface area (Å²) in [6.07, 6.45) is 2.10. The maximum absolute atomic E-state index is 9.92. The van der Waals surface area contributed by atoms with E-state index in [2.05, 4.69) is 24.0 Å². The van der Waals surface area contributed by atoms with Crippen molar-refractivity contribution in [3.8, 4) is 0 Å². The Kier molecular flexibility index (Phi) is 4.59. The van der Waals surface area contributed by atoms with Gasteiger partial charge in [-0.2, -0.15) is 0 Å². The van der Waals surface area contributed by atoms with E-state index in [0.717, 1.165) is 5.01 Å². The summed E-state index contributed by atoms with van der Waals surface area (Å²) in [4.78, 5) is 5.42. The largest absolute Gasteiger partial charge is 0.392 e. The van der Waals surface area contributed by atoms with E-state index < -0.39 is 0 Å². The number of benzene rings is 1. The number of aliphatic hydroxyl groups is 1. The summed E-state index contributed by atoms with van der Waals surface area (Å²) in [5.41, 5.74) is 1.26. The van der Waals surface area contributed by atoms with Gasteiger partial charge in [-0.25, -0.2) is 4.98 Å². The topological polar surface area (TPSA) is 33.1 Å². The number of nitrogens with zero attached hydrogens (tertiary/aromatic N) is 1. The Balaban J connectivity index is 1.84. The highest BCUT2D eigenvalue weighted by molar-refractivity contribution is 7.99. The van der Waals surface area contributed by atoms with Gasteiger partial charge in [0.15, 0.2) is 0 Å². The Morgan fingerprint density at radius 1 is 1.41 bits per heavy atom. The molecular formula is C13H15NOS2. The van der Waals surface area contributed by atoms with Crippen molar-refractivity contribution >= 4 is 23.1 Å². The number of thioether (sulfide) groups is 1. The van der Waals surface area contributed by atoms with Crippen LogP contribution >= 0.6 is 23.1 Å². The van der Waals surface area contributed by atoms with Crippen LogP contribution in [0.5, 0.6) is 0 Å². The fourth-order valence-electron chi connectivity index (χ4n) is 1.52. The lowest BCUT2D eigenvalue weighted by Gasteiger charge is -2.09. The minimum absolute atomic E-state index is 0.328. The SMILES string of the molecule is Cc1ccccc1SCC(O)Cc1nccs1. The van der Waals surface area contributed by atoms with Crippen LogP contribution in [-0.4, -0.2) is 21.9 Å². The lowest BCUT2D eigenvalue weighted by molar-refractivity contribution is 0.200. The van der Waals surface area contributed by atoms with Crippen molar-refractivity contribution in [2.75, 3.05) is 5.75 Å². The molecule has 2 aromatic rings. The van der Waals surface area contributed by atoms with E-state index in [9.17, 15) is 5.11 Å². The third-order valence-electron chi connectivity index (χ3n) is 2.42. The molecule has 0 bridgehead atoms. The fraction of sp³-hybridized carbons (Fsp3) is 0.308. The third-order valence-corrected chi connectivity index (χ3v) is 4.54. The first-order chi connectivity index (χ1) is 8.25. The second kappa shape index (κ2) is 6.19. The van der Waals surface area contributed by atoms with Crippen molar-refractivity contribution < 1.29 is 5.11 Å². The van der Waals surface area contributed by atoms with Crippen LogP contribution in [0.2, 0.25) is 0 Å². The number of hydrogen-bond acceptors (Lipinski definition) is 4. The highest BCUT2D eigenvalue weighted by Crippen LogP contribution is 2.23. The van der Waals surface area contributed by atoms with Crippen LogP contribution in [0.1, 0.15) is 10.6 Å². The average Bonchev–Trinajstić information content (AvgIpc) is 2.81. The van der Waals surface area contributed by atoms with Crippen molar-refractivity contribution in [1.82, 2.24) is 4.98 Å². The molecule has 1 N–H and O–H groups in total. The minimum atomic E-state index is -0.328. The Labute approximate surface area is 110 Å². The Bertz CT molecular complexity index is 456. The standard InChI is InChI=1S/C13H15NOS2/c1-10-4-2-3-5-12(10)17-9-11(15)8-13-14-6-7-16-13/h2-7,11,15H,8-9H2,1H3. The molecule has 0 aliphatic rings. The zero-order chi connectivity index (χ0) is 12.1. The van der Waals surface area contributed by atoms with Crippen LogP contribution in [0.4, 0.5) is 0 Å². The van der Waals surface area contributed by atoms with Gasteiger partial charge in [0.1, 0.15) is 0 Å². The Morgan fingerprint density at radius 3 is 2.94 bits per heavy atom. The summed E-state index contributed by atoms with van der Waals surface area (Å²) in [5.74, 6) is 0.713. The van der Waals surface area contributed by atoms with Gasteiger partial charge in [0.25, 0.3) is 0 Å². The van der Waals surface area contributed by atoms with Gasteiger partial charge >= 0.3 is 0 Å². The zero-order valence-electron chi connectivity index (χ0n) is 9.67. The second-order valence-electron chi connectivity index (χ2n) is 3.86. The molecule has 0 aliphatic carbocycles. The predicted octanol–water partition coefficient (Wildman–Crippen LogP) is 3.15. The third kappa shape index (κ3) is 3.84. The second-order valence-corrected chi connectivity index (χ2v) is 5.90. The fourth-order valence-corrected chi connectivity index (χ4v) is 3.17. The van der Waals surface area contributed by atoms with Gasteiger partial charge in [-0.1, -0.05) is 18.2 Å². The molecule has 0 spiro atoms. The van der Waals surface area contributed by atoms with Crippen LogP contribution < -0.4 is 0 Å². The number of aliphatic hydroxyl groups excluding tert-OH is 1. The zero-order valence-corrected chi connectivity index (χ0v) is 11.3. The van der Waals surface area contributed by atoms with Crippen LogP contribution in [0, 0.1) is 6.92 Å². The molecule has 0 fully saturated rings. The monoisotopic (exact) mass is 265 g/mol. The van der Waals surface area contributed by atoms with Gasteiger partial charge < -0.3 is 5.11 Å². The average molecular weight is 265 g/mol. The molecule has 2 rings (SSSR count). The molecule has 2 nitrogen and oxygen atoms in total. The van der Waals surface area contributed by atoms with Gasteiger partial charge in [0, 0.05) is 28.6 Å². The minimum Gasteiger partial charge on any atom is -0.392 e. The van der Waals surface area contributed by atoms with Crippen LogP contribution in [0.15, 0.2) is 40.7 Å². The number of aromatic nitrogens is 1. The smallest absolute Gasteiger partial charge is 0.0950 e. The lowest BCUT2D eigenvalue weighted by atomic mass is 10.2. The van der Waals surface area contributed by atoms with Gasteiger partial charge in [-0.05, 0) is 18.6 Å². The highest BCUT2D eigenvalue weighted by atomic mass is 32.2.